The van der Waals surface area contributed by atoms with Crippen molar-refractivity contribution < 1.29 is 4.79 Å². The average molecular weight is 336 g/mol. The summed E-state index contributed by atoms with van der Waals surface area (Å²) in [6.07, 6.45) is 9.66. The molecule has 0 unspecified atom stereocenters. The van der Waals surface area contributed by atoms with Crippen LogP contribution in [0.2, 0.25) is 5.02 Å². The third kappa shape index (κ3) is 4.17. The van der Waals surface area contributed by atoms with Crippen molar-refractivity contribution in [2.75, 3.05) is 18.0 Å². The van der Waals surface area contributed by atoms with Crippen LogP contribution < -0.4 is 10.2 Å². The first-order valence-corrected chi connectivity index (χ1v) is 9.19. The molecule has 2 fully saturated rings. The van der Waals surface area contributed by atoms with E-state index >= 15 is 0 Å². The van der Waals surface area contributed by atoms with Crippen LogP contribution >= 0.6 is 11.6 Å². The van der Waals surface area contributed by atoms with Gasteiger partial charge in [0, 0.05) is 31.2 Å². The maximum absolute atomic E-state index is 12.4. The molecule has 0 bridgehead atoms. The molecule has 4 nitrogen and oxygen atoms in total. The van der Waals surface area contributed by atoms with E-state index in [0.29, 0.717) is 11.1 Å². The summed E-state index contributed by atoms with van der Waals surface area (Å²) in [5, 5.41) is 3.97. The predicted octanol–water partition coefficient (Wildman–Crippen LogP) is 3.71. The molecule has 126 valence electrons. The molecular weight excluding hydrogens is 310 g/mol. The van der Waals surface area contributed by atoms with E-state index in [2.05, 4.69) is 15.2 Å². The van der Waals surface area contributed by atoms with Crippen molar-refractivity contribution in [3.05, 3.63) is 22.8 Å². The Labute approximate surface area is 143 Å². The zero-order valence-corrected chi connectivity index (χ0v) is 14.6. The van der Waals surface area contributed by atoms with Gasteiger partial charge in [-0.1, -0.05) is 30.9 Å². The number of rotatable bonds is 3. The van der Waals surface area contributed by atoms with Crippen LogP contribution in [0.15, 0.2) is 12.3 Å². The number of amides is 1. The first-order valence-electron chi connectivity index (χ1n) is 8.81. The van der Waals surface area contributed by atoms with Crippen molar-refractivity contribution in [2.24, 2.45) is 5.92 Å². The molecular formula is C18H26ClN3O. The zero-order valence-electron chi connectivity index (χ0n) is 13.9. The van der Waals surface area contributed by atoms with Gasteiger partial charge in [0.2, 0.25) is 5.91 Å². The number of aromatic nitrogens is 1. The van der Waals surface area contributed by atoms with Crippen LogP contribution in [0.1, 0.15) is 50.5 Å². The zero-order chi connectivity index (χ0) is 16.2. The molecule has 0 radical (unpaired) electrons. The second kappa shape index (κ2) is 7.52. The van der Waals surface area contributed by atoms with Gasteiger partial charge in [0.15, 0.2) is 0 Å². The van der Waals surface area contributed by atoms with Crippen LogP contribution in [0.4, 0.5) is 5.82 Å². The third-order valence-electron chi connectivity index (χ3n) is 5.17. The highest BCUT2D eigenvalue weighted by Gasteiger charge is 2.27. The van der Waals surface area contributed by atoms with E-state index in [4.69, 9.17) is 11.6 Å². The van der Waals surface area contributed by atoms with E-state index in [1.54, 1.807) is 6.20 Å². The Kier molecular flexibility index (Phi) is 5.42. The molecule has 0 aromatic carbocycles. The number of hydrogen-bond acceptors (Lipinski definition) is 3. The van der Waals surface area contributed by atoms with Crippen molar-refractivity contribution in [1.29, 1.82) is 0 Å². The Hall–Kier alpha value is -1.29. The fraction of sp³-hybridized carbons (Fsp3) is 0.667. The predicted molar refractivity (Wildman–Crippen MR) is 93.9 cm³/mol. The lowest BCUT2D eigenvalue weighted by molar-refractivity contribution is -0.126. The molecule has 1 aliphatic heterocycles. The lowest BCUT2D eigenvalue weighted by Crippen LogP contribution is -2.44. The van der Waals surface area contributed by atoms with Crippen LogP contribution in [-0.4, -0.2) is 30.0 Å². The normalized spacial score (nSPS) is 20.5. The molecule has 1 aromatic rings. The van der Waals surface area contributed by atoms with Crippen molar-refractivity contribution in [1.82, 2.24) is 10.3 Å². The Morgan fingerprint density at radius 1 is 1.22 bits per heavy atom. The second-order valence-electron chi connectivity index (χ2n) is 6.90. The SMILES string of the molecule is Cc1cc(N2CCC(C(=O)NC3CCCCC3)CC2)ncc1Cl. The van der Waals surface area contributed by atoms with Gasteiger partial charge in [-0.3, -0.25) is 4.79 Å². The van der Waals surface area contributed by atoms with Gasteiger partial charge in [-0.05, 0) is 44.2 Å². The molecule has 2 heterocycles. The fourth-order valence-electron chi connectivity index (χ4n) is 3.63. The highest BCUT2D eigenvalue weighted by Crippen LogP contribution is 2.25. The van der Waals surface area contributed by atoms with Gasteiger partial charge in [0.25, 0.3) is 0 Å². The van der Waals surface area contributed by atoms with Crippen LogP contribution in [-0.2, 0) is 4.79 Å². The molecule has 2 aliphatic rings. The Bertz CT molecular complexity index is 549. The number of hydrogen-bond donors (Lipinski definition) is 1. The smallest absolute Gasteiger partial charge is 0.223 e. The van der Waals surface area contributed by atoms with Crippen molar-refractivity contribution in [2.45, 2.75) is 57.9 Å². The van der Waals surface area contributed by atoms with E-state index in [1.165, 1.54) is 19.3 Å². The van der Waals surface area contributed by atoms with E-state index in [9.17, 15) is 4.79 Å². The topological polar surface area (TPSA) is 45.2 Å². The van der Waals surface area contributed by atoms with Crippen molar-refractivity contribution in [3.63, 3.8) is 0 Å². The highest BCUT2D eigenvalue weighted by molar-refractivity contribution is 6.31. The summed E-state index contributed by atoms with van der Waals surface area (Å²) in [7, 11) is 0. The Morgan fingerprint density at radius 3 is 2.57 bits per heavy atom. The summed E-state index contributed by atoms with van der Waals surface area (Å²) in [5.74, 6) is 1.39. The van der Waals surface area contributed by atoms with E-state index in [1.807, 2.05) is 13.0 Å². The maximum atomic E-state index is 12.4. The minimum absolute atomic E-state index is 0.154. The summed E-state index contributed by atoms with van der Waals surface area (Å²) in [5.41, 5.74) is 1.05. The second-order valence-corrected chi connectivity index (χ2v) is 7.30. The summed E-state index contributed by atoms with van der Waals surface area (Å²) in [4.78, 5) is 19.1. The Balaban J connectivity index is 1.51. The van der Waals surface area contributed by atoms with Gasteiger partial charge in [-0.2, -0.15) is 0 Å². The molecule has 5 heteroatoms. The highest BCUT2D eigenvalue weighted by atomic mass is 35.5. The number of aryl methyl sites for hydroxylation is 1. The first kappa shape index (κ1) is 16.6. The first-order chi connectivity index (χ1) is 11.1. The van der Waals surface area contributed by atoms with E-state index < -0.39 is 0 Å². The van der Waals surface area contributed by atoms with Gasteiger partial charge >= 0.3 is 0 Å². The van der Waals surface area contributed by atoms with Crippen LogP contribution in [0.3, 0.4) is 0 Å². The van der Waals surface area contributed by atoms with E-state index in [-0.39, 0.29) is 11.8 Å². The molecule has 1 aliphatic carbocycles. The maximum Gasteiger partial charge on any atom is 0.223 e. The minimum atomic E-state index is 0.154. The number of carbonyl (C=O) groups is 1. The molecule has 23 heavy (non-hydrogen) atoms. The molecule has 1 saturated heterocycles. The van der Waals surface area contributed by atoms with Crippen molar-refractivity contribution in [3.8, 4) is 0 Å². The number of pyridine rings is 1. The lowest BCUT2D eigenvalue weighted by atomic mass is 9.92. The van der Waals surface area contributed by atoms with Gasteiger partial charge in [-0.15, -0.1) is 0 Å². The summed E-state index contributed by atoms with van der Waals surface area (Å²) >= 11 is 6.04. The number of carbonyl (C=O) groups excluding carboxylic acids is 1. The van der Waals surface area contributed by atoms with Gasteiger partial charge in [0.1, 0.15) is 5.82 Å². The monoisotopic (exact) mass is 335 g/mol. The quantitative estimate of drug-likeness (QED) is 0.915. The average Bonchev–Trinajstić information content (AvgIpc) is 2.58. The molecule has 1 N–H and O–H groups in total. The van der Waals surface area contributed by atoms with Crippen LogP contribution in [0.5, 0.6) is 0 Å². The summed E-state index contributed by atoms with van der Waals surface area (Å²) < 4.78 is 0. The molecule has 3 rings (SSSR count). The standard InChI is InChI=1S/C18H26ClN3O/c1-13-11-17(20-12-16(13)19)22-9-7-14(8-10-22)18(23)21-15-5-3-2-4-6-15/h11-12,14-15H,2-10H2,1H3,(H,21,23). The van der Waals surface area contributed by atoms with Gasteiger partial charge in [-0.25, -0.2) is 4.98 Å². The third-order valence-corrected chi connectivity index (χ3v) is 5.57. The number of nitrogens with one attached hydrogen (secondary N) is 1. The molecule has 0 atom stereocenters. The number of nitrogens with zero attached hydrogens (tertiary/aromatic N) is 2. The molecule has 1 aromatic heterocycles. The molecule has 0 spiro atoms. The summed E-state index contributed by atoms with van der Waals surface area (Å²) in [6.45, 7) is 3.77. The van der Waals surface area contributed by atoms with E-state index in [0.717, 1.165) is 50.2 Å². The number of anilines is 1. The largest absolute Gasteiger partial charge is 0.357 e. The van der Waals surface area contributed by atoms with Crippen molar-refractivity contribution >= 4 is 23.3 Å². The summed E-state index contributed by atoms with van der Waals surface area (Å²) in [6, 6.07) is 2.44. The number of halogens is 1. The van der Waals surface area contributed by atoms with Crippen LogP contribution in [0.25, 0.3) is 0 Å². The fourth-order valence-corrected chi connectivity index (χ4v) is 3.74. The van der Waals surface area contributed by atoms with Gasteiger partial charge < -0.3 is 10.2 Å². The molecule has 1 saturated carbocycles. The number of piperidine rings is 1. The lowest BCUT2D eigenvalue weighted by Gasteiger charge is -2.33. The van der Waals surface area contributed by atoms with Crippen LogP contribution in [0, 0.1) is 12.8 Å². The minimum Gasteiger partial charge on any atom is -0.357 e. The Morgan fingerprint density at radius 2 is 1.91 bits per heavy atom. The molecule has 1 amide bonds. The van der Waals surface area contributed by atoms with Gasteiger partial charge in [0.05, 0.1) is 5.02 Å².